The normalized spacial score (nSPS) is 14.3. The molecule has 1 aliphatic heterocycles. The van der Waals surface area contributed by atoms with Crippen molar-refractivity contribution in [2.45, 2.75) is 38.8 Å². The van der Waals surface area contributed by atoms with Crippen molar-refractivity contribution in [3.8, 4) is 11.3 Å². The van der Waals surface area contributed by atoms with Crippen LogP contribution in [0.1, 0.15) is 31.7 Å². The van der Waals surface area contributed by atoms with Crippen molar-refractivity contribution in [3.05, 3.63) is 46.9 Å². The number of rotatable bonds is 8. The molecule has 0 saturated carbocycles. The second-order valence-corrected chi connectivity index (χ2v) is 8.74. The lowest BCUT2D eigenvalue weighted by molar-refractivity contribution is -0.115. The molecule has 10 nitrogen and oxygen atoms in total. The first-order chi connectivity index (χ1) is 16.7. The van der Waals surface area contributed by atoms with Gasteiger partial charge in [0.2, 0.25) is 17.8 Å². The van der Waals surface area contributed by atoms with Crippen LogP contribution in [0.3, 0.4) is 0 Å². The fraction of sp³-hybridized carbons (Fsp3) is 0.348. The zero-order valence-electron chi connectivity index (χ0n) is 18.8. The molecule has 1 aromatic carbocycles. The van der Waals surface area contributed by atoms with Crippen LogP contribution < -0.4 is 16.0 Å². The van der Waals surface area contributed by atoms with E-state index in [4.69, 9.17) is 14.7 Å². The Labute approximate surface area is 200 Å². The van der Waals surface area contributed by atoms with Gasteiger partial charge in [0.1, 0.15) is 0 Å². The van der Waals surface area contributed by atoms with E-state index in [1.54, 1.807) is 16.2 Å². The highest BCUT2D eigenvalue weighted by Crippen LogP contribution is 2.26. The first-order valence-electron chi connectivity index (χ1n) is 11.3. The van der Waals surface area contributed by atoms with E-state index in [9.17, 15) is 4.79 Å². The Balaban J connectivity index is 1.40. The number of nitrogens with one attached hydrogen (secondary N) is 3. The summed E-state index contributed by atoms with van der Waals surface area (Å²) < 4.78 is 7.18. The Hall–Kier alpha value is -3.57. The Morgan fingerprint density at radius 3 is 2.76 bits per heavy atom. The quantitative estimate of drug-likeness (QED) is 0.350. The van der Waals surface area contributed by atoms with Crippen molar-refractivity contribution in [2.75, 3.05) is 29.2 Å². The molecule has 176 valence electrons. The molecule has 0 aliphatic carbocycles. The predicted octanol–water partition coefficient (Wildman–Crippen LogP) is 3.80. The van der Waals surface area contributed by atoms with E-state index in [-0.39, 0.29) is 11.9 Å². The highest BCUT2D eigenvalue weighted by molar-refractivity contribution is 7.07. The number of anilines is 3. The van der Waals surface area contributed by atoms with Gasteiger partial charge >= 0.3 is 0 Å². The van der Waals surface area contributed by atoms with Crippen molar-refractivity contribution in [1.82, 2.24) is 24.6 Å². The van der Waals surface area contributed by atoms with Crippen LogP contribution in [-0.2, 0) is 16.1 Å². The molecule has 0 unspecified atom stereocenters. The fourth-order valence-electron chi connectivity index (χ4n) is 3.74. The first-order valence-corrected chi connectivity index (χ1v) is 12.2. The van der Waals surface area contributed by atoms with Crippen LogP contribution in [0.15, 0.2) is 41.4 Å². The van der Waals surface area contributed by atoms with Crippen LogP contribution in [0.4, 0.5) is 17.6 Å². The number of thiazole rings is 1. The molecule has 5 rings (SSSR count). The molecule has 4 heterocycles. The summed E-state index contributed by atoms with van der Waals surface area (Å²) in [5, 5.41) is 16.2. The minimum atomic E-state index is -0.00610. The Bertz CT molecular complexity index is 1250. The predicted molar refractivity (Wildman–Crippen MR) is 132 cm³/mol. The second-order valence-electron chi connectivity index (χ2n) is 8.02. The average molecular weight is 479 g/mol. The van der Waals surface area contributed by atoms with Crippen molar-refractivity contribution in [2.24, 2.45) is 0 Å². The van der Waals surface area contributed by atoms with Gasteiger partial charge in [-0.05, 0) is 30.5 Å². The van der Waals surface area contributed by atoms with Crippen molar-refractivity contribution < 1.29 is 9.53 Å². The summed E-state index contributed by atoms with van der Waals surface area (Å²) in [6, 6.07) is 8.00. The molecule has 4 aromatic rings. The Morgan fingerprint density at radius 1 is 1.21 bits per heavy atom. The van der Waals surface area contributed by atoms with Crippen LogP contribution >= 0.6 is 11.3 Å². The van der Waals surface area contributed by atoms with Crippen LogP contribution in [-0.4, -0.2) is 49.7 Å². The van der Waals surface area contributed by atoms with Crippen LogP contribution in [0.5, 0.6) is 0 Å². The summed E-state index contributed by atoms with van der Waals surface area (Å²) in [5.41, 5.74) is 6.02. The Kier molecular flexibility index (Phi) is 6.63. The number of amides is 1. The summed E-state index contributed by atoms with van der Waals surface area (Å²) in [6.07, 6.45) is 4.05. The van der Waals surface area contributed by atoms with Gasteiger partial charge in [-0.2, -0.15) is 19.6 Å². The number of fused-ring (bicyclic) bond motifs is 1. The molecule has 0 spiro atoms. The minimum Gasteiger partial charge on any atom is -0.381 e. The van der Waals surface area contributed by atoms with E-state index in [0.29, 0.717) is 30.5 Å². The standard InChI is InChI=1S/C23H26N8O2S/c1-2-20(32)27-16-5-3-15(4-6-16)11-24-23-30-22(28-17-7-9-33-10-8-17)29-21-18(12-26-31(21)23)19-13-34-14-25-19/h3-6,12-14,17H,2,7-11H2,1H3,(H,27,32)(H2,24,28,29,30). The van der Waals surface area contributed by atoms with Crippen LogP contribution in [0, 0.1) is 0 Å². The maximum absolute atomic E-state index is 11.6. The van der Waals surface area contributed by atoms with E-state index in [1.807, 2.05) is 36.6 Å². The molecule has 1 amide bonds. The monoisotopic (exact) mass is 478 g/mol. The molecule has 0 bridgehead atoms. The summed E-state index contributed by atoms with van der Waals surface area (Å²) in [7, 11) is 0. The van der Waals surface area contributed by atoms with Gasteiger partial charge in [0.15, 0.2) is 5.65 Å². The lowest BCUT2D eigenvalue weighted by atomic mass is 10.1. The van der Waals surface area contributed by atoms with Crippen molar-refractivity contribution in [3.63, 3.8) is 0 Å². The maximum atomic E-state index is 11.6. The smallest absolute Gasteiger partial charge is 0.229 e. The first kappa shape index (κ1) is 22.2. The number of benzene rings is 1. The molecule has 3 aromatic heterocycles. The highest BCUT2D eigenvalue weighted by atomic mass is 32.1. The average Bonchev–Trinajstić information content (AvgIpc) is 3.54. The lowest BCUT2D eigenvalue weighted by Crippen LogP contribution is -2.29. The molecular formula is C23H26N8O2S. The molecule has 1 fully saturated rings. The van der Waals surface area contributed by atoms with Gasteiger partial charge in [-0.3, -0.25) is 4.79 Å². The number of carbonyl (C=O) groups is 1. The fourth-order valence-corrected chi connectivity index (χ4v) is 4.30. The van der Waals surface area contributed by atoms with Gasteiger partial charge in [-0.25, -0.2) is 4.98 Å². The molecule has 3 N–H and O–H groups in total. The molecule has 11 heteroatoms. The summed E-state index contributed by atoms with van der Waals surface area (Å²) in [4.78, 5) is 25.5. The molecular weight excluding hydrogens is 452 g/mol. The number of ether oxygens (including phenoxy) is 1. The Morgan fingerprint density at radius 2 is 2.03 bits per heavy atom. The van der Waals surface area contributed by atoms with Gasteiger partial charge in [-0.15, -0.1) is 11.3 Å². The largest absolute Gasteiger partial charge is 0.381 e. The van der Waals surface area contributed by atoms with Crippen molar-refractivity contribution >= 4 is 40.5 Å². The third-order valence-electron chi connectivity index (χ3n) is 5.64. The number of carbonyl (C=O) groups excluding carboxylic acids is 1. The van der Waals surface area contributed by atoms with E-state index < -0.39 is 0 Å². The molecule has 1 aliphatic rings. The van der Waals surface area contributed by atoms with Gasteiger partial charge in [0.25, 0.3) is 0 Å². The zero-order valence-corrected chi connectivity index (χ0v) is 19.6. The van der Waals surface area contributed by atoms with Gasteiger partial charge in [0.05, 0.1) is 23.0 Å². The number of nitrogens with zero attached hydrogens (tertiary/aromatic N) is 5. The number of hydrogen-bond acceptors (Lipinski definition) is 9. The molecule has 34 heavy (non-hydrogen) atoms. The van der Waals surface area contributed by atoms with Gasteiger partial charge in [-0.1, -0.05) is 19.1 Å². The zero-order chi connectivity index (χ0) is 23.3. The third-order valence-corrected chi connectivity index (χ3v) is 6.23. The van der Waals surface area contributed by atoms with E-state index in [2.05, 4.69) is 26.0 Å². The van der Waals surface area contributed by atoms with Gasteiger partial charge in [0, 0.05) is 43.3 Å². The molecule has 1 saturated heterocycles. The minimum absolute atomic E-state index is 0.00610. The van der Waals surface area contributed by atoms with Gasteiger partial charge < -0.3 is 20.7 Å². The van der Waals surface area contributed by atoms with E-state index >= 15 is 0 Å². The highest BCUT2D eigenvalue weighted by Gasteiger charge is 2.19. The number of aromatic nitrogens is 5. The molecule has 0 radical (unpaired) electrons. The topological polar surface area (TPSA) is 118 Å². The summed E-state index contributed by atoms with van der Waals surface area (Å²) in [5.74, 6) is 1.13. The summed E-state index contributed by atoms with van der Waals surface area (Å²) >= 11 is 1.53. The van der Waals surface area contributed by atoms with E-state index in [1.165, 1.54) is 11.3 Å². The lowest BCUT2D eigenvalue weighted by Gasteiger charge is -2.23. The SMILES string of the molecule is CCC(=O)Nc1ccc(CNc2nc(NC3CCOCC3)nc3c(-c4cscn4)cnn23)cc1. The maximum Gasteiger partial charge on any atom is 0.229 e. The summed E-state index contributed by atoms with van der Waals surface area (Å²) in [6.45, 7) is 3.83. The van der Waals surface area contributed by atoms with E-state index in [0.717, 1.165) is 48.6 Å². The van der Waals surface area contributed by atoms with Crippen LogP contribution in [0.25, 0.3) is 16.9 Å². The van der Waals surface area contributed by atoms with Crippen LogP contribution in [0.2, 0.25) is 0 Å². The van der Waals surface area contributed by atoms with Crippen molar-refractivity contribution in [1.29, 1.82) is 0 Å². The molecule has 0 atom stereocenters. The second kappa shape index (κ2) is 10.1. The third kappa shape index (κ3) is 5.00. The number of hydrogen-bond donors (Lipinski definition) is 3.